The molecule has 2 heterocycles. The molecule has 2 N–H and O–H groups in total. The van der Waals surface area contributed by atoms with E-state index in [4.69, 9.17) is 4.74 Å². The molecule has 0 radical (unpaired) electrons. The van der Waals surface area contributed by atoms with Gasteiger partial charge in [-0.25, -0.2) is 4.98 Å². The predicted octanol–water partition coefficient (Wildman–Crippen LogP) is 2.78. The molecule has 0 bridgehead atoms. The lowest BCUT2D eigenvalue weighted by Crippen LogP contribution is -2.25. The SMILES string of the molecule is COCCn1cc(C(=O)Nc2nc3ccccc3[nH]2)c2ccccc2c1=O. The summed E-state index contributed by atoms with van der Waals surface area (Å²) in [4.78, 5) is 33.0. The van der Waals surface area contributed by atoms with Crippen molar-refractivity contribution >= 4 is 33.7 Å². The maximum Gasteiger partial charge on any atom is 0.260 e. The van der Waals surface area contributed by atoms with Gasteiger partial charge in [0.05, 0.1) is 23.2 Å². The van der Waals surface area contributed by atoms with Crippen molar-refractivity contribution in [2.24, 2.45) is 0 Å². The first-order valence-corrected chi connectivity index (χ1v) is 8.54. The number of aromatic nitrogens is 3. The highest BCUT2D eigenvalue weighted by atomic mass is 16.5. The Hall–Kier alpha value is -3.45. The molecule has 0 aliphatic rings. The Kier molecular flexibility index (Phi) is 4.43. The van der Waals surface area contributed by atoms with E-state index in [2.05, 4.69) is 15.3 Å². The third kappa shape index (κ3) is 3.20. The molecule has 4 rings (SSSR count). The van der Waals surface area contributed by atoms with Crippen molar-refractivity contribution < 1.29 is 9.53 Å². The zero-order valence-electron chi connectivity index (χ0n) is 14.7. The quantitative estimate of drug-likeness (QED) is 0.571. The maximum atomic E-state index is 12.9. The van der Waals surface area contributed by atoms with Crippen LogP contribution in [-0.4, -0.2) is 34.2 Å². The lowest BCUT2D eigenvalue weighted by atomic mass is 10.1. The Bertz CT molecular complexity index is 1160. The number of nitrogens with one attached hydrogen (secondary N) is 2. The number of fused-ring (bicyclic) bond motifs is 2. The fraction of sp³-hybridized carbons (Fsp3) is 0.150. The summed E-state index contributed by atoms with van der Waals surface area (Å²) < 4.78 is 6.57. The molecule has 0 fully saturated rings. The number of aromatic amines is 1. The summed E-state index contributed by atoms with van der Waals surface area (Å²) in [6, 6.07) is 14.6. The van der Waals surface area contributed by atoms with Crippen molar-refractivity contribution in [3.05, 3.63) is 70.6 Å². The zero-order valence-corrected chi connectivity index (χ0v) is 14.7. The monoisotopic (exact) mass is 362 g/mol. The van der Waals surface area contributed by atoms with Crippen molar-refractivity contribution in [1.29, 1.82) is 0 Å². The molecule has 0 unspecified atom stereocenters. The zero-order chi connectivity index (χ0) is 18.8. The number of H-pyrrole nitrogens is 1. The van der Waals surface area contributed by atoms with Crippen LogP contribution in [0, 0.1) is 0 Å². The Labute approximate surface area is 154 Å². The van der Waals surface area contributed by atoms with Gasteiger partial charge in [-0.2, -0.15) is 0 Å². The van der Waals surface area contributed by atoms with E-state index in [-0.39, 0.29) is 11.5 Å². The van der Waals surface area contributed by atoms with Gasteiger partial charge in [0.25, 0.3) is 11.5 Å². The van der Waals surface area contributed by atoms with Crippen LogP contribution in [0.1, 0.15) is 10.4 Å². The van der Waals surface area contributed by atoms with Crippen molar-refractivity contribution in [2.45, 2.75) is 6.54 Å². The lowest BCUT2D eigenvalue weighted by molar-refractivity contribution is 0.102. The van der Waals surface area contributed by atoms with Gasteiger partial charge in [-0.1, -0.05) is 30.3 Å². The summed E-state index contributed by atoms with van der Waals surface area (Å²) >= 11 is 0. The van der Waals surface area contributed by atoms with E-state index in [1.54, 1.807) is 37.6 Å². The second kappa shape index (κ2) is 7.05. The number of carbonyl (C=O) groups is 1. The molecule has 0 saturated heterocycles. The highest BCUT2D eigenvalue weighted by Gasteiger charge is 2.16. The number of nitrogens with zero attached hydrogens (tertiary/aromatic N) is 2. The fourth-order valence-corrected chi connectivity index (χ4v) is 3.07. The summed E-state index contributed by atoms with van der Waals surface area (Å²) in [6.07, 6.45) is 1.57. The minimum Gasteiger partial charge on any atom is -0.383 e. The van der Waals surface area contributed by atoms with Crippen molar-refractivity contribution in [3.63, 3.8) is 0 Å². The predicted molar refractivity (Wildman–Crippen MR) is 104 cm³/mol. The number of hydrogen-bond acceptors (Lipinski definition) is 4. The lowest BCUT2D eigenvalue weighted by Gasteiger charge is -2.11. The second-order valence-electron chi connectivity index (χ2n) is 6.14. The van der Waals surface area contributed by atoms with E-state index in [0.717, 1.165) is 11.0 Å². The summed E-state index contributed by atoms with van der Waals surface area (Å²) in [7, 11) is 1.57. The maximum absolute atomic E-state index is 12.9. The van der Waals surface area contributed by atoms with E-state index in [1.165, 1.54) is 4.57 Å². The largest absolute Gasteiger partial charge is 0.383 e. The molecule has 1 amide bonds. The summed E-state index contributed by atoms with van der Waals surface area (Å²) in [5, 5.41) is 3.88. The first-order chi connectivity index (χ1) is 13.2. The van der Waals surface area contributed by atoms with Crippen LogP contribution < -0.4 is 10.9 Å². The van der Waals surface area contributed by atoms with Gasteiger partial charge < -0.3 is 14.3 Å². The van der Waals surface area contributed by atoms with Crippen LogP contribution in [0.25, 0.3) is 21.8 Å². The molecule has 0 spiro atoms. The standard InChI is InChI=1S/C20H18N4O3/c1-27-11-10-24-12-15(13-6-2-3-7-14(13)19(24)26)18(25)23-20-21-16-8-4-5-9-17(16)22-20/h2-9,12H,10-11H2,1H3,(H2,21,22,23,25). The van der Waals surface area contributed by atoms with Crippen molar-refractivity contribution in [3.8, 4) is 0 Å². The molecule has 2 aromatic heterocycles. The van der Waals surface area contributed by atoms with Crippen molar-refractivity contribution in [2.75, 3.05) is 19.0 Å². The molecule has 0 saturated carbocycles. The van der Waals surface area contributed by atoms with Gasteiger partial charge in [0.1, 0.15) is 0 Å². The Morgan fingerprint density at radius 2 is 1.89 bits per heavy atom. The van der Waals surface area contributed by atoms with Gasteiger partial charge in [-0.05, 0) is 18.2 Å². The van der Waals surface area contributed by atoms with Crippen LogP contribution >= 0.6 is 0 Å². The molecule has 27 heavy (non-hydrogen) atoms. The van der Waals surface area contributed by atoms with E-state index in [0.29, 0.717) is 35.4 Å². The molecule has 2 aromatic carbocycles. The Balaban J connectivity index is 1.75. The first kappa shape index (κ1) is 17.0. The normalized spacial score (nSPS) is 11.1. The van der Waals surface area contributed by atoms with Gasteiger partial charge in [-0.3, -0.25) is 14.9 Å². The van der Waals surface area contributed by atoms with Gasteiger partial charge in [0, 0.05) is 30.6 Å². The number of hydrogen-bond donors (Lipinski definition) is 2. The van der Waals surface area contributed by atoms with Gasteiger partial charge >= 0.3 is 0 Å². The second-order valence-corrected chi connectivity index (χ2v) is 6.14. The molecule has 0 aliphatic heterocycles. The topological polar surface area (TPSA) is 89.0 Å². The summed E-state index contributed by atoms with van der Waals surface area (Å²) in [5.74, 6) is 0.0244. The number of methoxy groups -OCH3 is 1. The molecule has 136 valence electrons. The summed E-state index contributed by atoms with van der Waals surface area (Å²) in [5.41, 5.74) is 1.86. The molecule has 0 atom stereocenters. The summed E-state index contributed by atoms with van der Waals surface area (Å²) in [6.45, 7) is 0.744. The number of benzene rings is 2. The van der Waals surface area contributed by atoms with Crippen LogP contribution in [0.15, 0.2) is 59.5 Å². The first-order valence-electron chi connectivity index (χ1n) is 8.54. The Morgan fingerprint density at radius 3 is 2.67 bits per heavy atom. The number of amides is 1. The molecular weight excluding hydrogens is 344 g/mol. The highest BCUT2D eigenvalue weighted by molar-refractivity contribution is 6.12. The average Bonchev–Trinajstić information content (AvgIpc) is 3.09. The molecule has 0 aliphatic carbocycles. The molecular formula is C20H18N4O3. The van der Waals surface area contributed by atoms with Gasteiger partial charge in [0.2, 0.25) is 5.95 Å². The number of carbonyl (C=O) groups excluding carboxylic acids is 1. The van der Waals surface area contributed by atoms with Gasteiger partial charge in [-0.15, -0.1) is 0 Å². The van der Waals surface area contributed by atoms with Crippen LogP contribution in [0.3, 0.4) is 0 Å². The van der Waals surface area contributed by atoms with Crippen LogP contribution in [0.5, 0.6) is 0 Å². The number of rotatable bonds is 5. The Morgan fingerprint density at radius 1 is 1.15 bits per heavy atom. The smallest absolute Gasteiger partial charge is 0.260 e. The number of pyridine rings is 1. The van der Waals surface area contributed by atoms with Crippen LogP contribution in [0.2, 0.25) is 0 Å². The van der Waals surface area contributed by atoms with E-state index < -0.39 is 0 Å². The molecule has 7 nitrogen and oxygen atoms in total. The van der Waals surface area contributed by atoms with Crippen molar-refractivity contribution in [1.82, 2.24) is 14.5 Å². The van der Waals surface area contributed by atoms with E-state index in [9.17, 15) is 9.59 Å². The number of imidazole rings is 1. The number of ether oxygens (including phenoxy) is 1. The van der Waals surface area contributed by atoms with Crippen LogP contribution in [0.4, 0.5) is 5.95 Å². The van der Waals surface area contributed by atoms with E-state index >= 15 is 0 Å². The van der Waals surface area contributed by atoms with Gasteiger partial charge in [0.15, 0.2) is 0 Å². The third-order valence-corrected chi connectivity index (χ3v) is 4.40. The third-order valence-electron chi connectivity index (χ3n) is 4.40. The fourth-order valence-electron chi connectivity index (χ4n) is 3.07. The minimum absolute atomic E-state index is 0.150. The van der Waals surface area contributed by atoms with E-state index in [1.807, 2.05) is 24.3 Å². The molecule has 7 heteroatoms. The van der Waals surface area contributed by atoms with Crippen LogP contribution in [-0.2, 0) is 11.3 Å². The number of anilines is 1. The average molecular weight is 362 g/mol. The minimum atomic E-state index is -0.337. The molecule has 4 aromatic rings. The number of para-hydroxylation sites is 2. The highest BCUT2D eigenvalue weighted by Crippen LogP contribution is 2.18.